The minimum absolute atomic E-state index is 0.170. The maximum Gasteiger partial charge on any atom is 0.310 e. The normalized spacial score (nSPS) is 16.0. The highest BCUT2D eigenvalue weighted by atomic mass is 19.1. The zero-order chi connectivity index (χ0) is 24.1. The first-order chi connectivity index (χ1) is 15.7. The van der Waals surface area contributed by atoms with Crippen LogP contribution in [0.4, 0.5) is 4.39 Å². The number of nitrogens with zero attached hydrogens (tertiary/aromatic N) is 2. The molecular formula is C26H33FN2O4. The van der Waals surface area contributed by atoms with Crippen LogP contribution < -0.4 is 5.01 Å². The lowest BCUT2D eigenvalue weighted by molar-refractivity contribution is -0.140. The first-order valence-corrected chi connectivity index (χ1v) is 11.5. The maximum atomic E-state index is 13.6. The number of carboxylic acids is 1. The number of aliphatic carboxylic acids is 1. The van der Waals surface area contributed by atoms with Crippen LogP contribution in [0.15, 0.2) is 36.5 Å². The summed E-state index contributed by atoms with van der Waals surface area (Å²) in [5.41, 5.74) is 3.75. The number of Topliss-reactive ketones (excluding diaryl/α,β-unsaturated/α-hetero) is 1. The van der Waals surface area contributed by atoms with E-state index in [9.17, 15) is 19.1 Å². The monoisotopic (exact) mass is 456 g/mol. The molecule has 1 aliphatic heterocycles. The lowest BCUT2D eigenvalue weighted by Crippen LogP contribution is -2.41. The number of ketones is 1. The predicted octanol–water partition coefficient (Wildman–Crippen LogP) is 4.59. The number of carboxylic acid groups (broad SMARTS) is 1. The number of aromatic nitrogens is 1. The molecule has 0 radical (unpaired) electrons. The molecule has 1 aromatic carbocycles. The van der Waals surface area contributed by atoms with Crippen molar-refractivity contribution in [3.63, 3.8) is 0 Å². The summed E-state index contributed by atoms with van der Waals surface area (Å²) in [6, 6.07) is 6.33. The molecule has 3 rings (SSSR count). The van der Waals surface area contributed by atoms with Gasteiger partial charge in [0.15, 0.2) is 0 Å². The summed E-state index contributed by atoms with van der Waals surface area (Å²) in [4.78, 5) is 22.5. The maximum absolute atomic E-state index is 13.6. The molecule has 1 atom stereocenters. The van der Waals surface area contributed by atoms with Gasteiger partial charge in [-0.15, -0.1) is 0 Å². The highest BCUT2D eigenvalue weighted by molar-refractivity contribution is 5.95. The average Bonchev–Trinajstić information content (AvgIpc) is 3.12. The van der Waals surface area contributed by atoms with E-state index in [4.69, 9.17) is 5.11 Å². The molecule has 1 unspecified atom stereocenters. The Hall–Kier alpha value is -2.93. The molecule has 2 heterocycles. The van der Waals surface area contributed by atoms with Gasteiger partial charge in [0.2, 0.25) is 0 Å². The summed E-state index contributed by atoms with van der Waals surface area (Å²) in [6.45, 7) is 8.36. The average molecular weight is 457 g/mol. The molecule has 33 heavy (non-hydrogen) atoms. The second-order valence-electron chi connectivity index (χ2n) is 9.22. The number of carbonyl (C=O) groups is 2. The lowest BCUT2D eigenvalue weighted by atomic mass is 9.97. The quantitative estimate of drug-likeness (QED) is 0.539. The van der Waals surface area contributed by atoms with Crippen molar-refractivity contribution < 1.29 is 24.2 Å². The molecule has 1 aromatic heterocycles. The number of aliphatic hydroxyl groups is 1. The van der Waals surface area contributed by atoms with Crippen LogP contribution in [0.25, 0.3) is 17.2 Å². The van der Waals surface area contributed by atoms with Crippen molar-refractivity contribution in [1.82, 2.24) is 4.68 Å². The highest BCUT2D eigenvalue weighted by Gasteiger charge is 2.24. The van der Waals surface area contributed by atoms with E-state index in [1.807, 2.05) is 0 Å². The molecule has 0 saturated carbocycles. The molecule has 1 fully saturated rings. The first kappa shape index (κ1) is 24.7. The molecule has 0 amide bonds. The zero-order valence-corrected chi connectivity index (χ0v) is 19.5. The standard InChI is InChI=1S/C26H33FN2O4/c1-17(2)26-23(9-8-21(30)14-22(31)15-25(32)33)24(19-4-6-20(27)7-5-19)16-29(26)28-12-10-18(3)11-13-28/h4-9,16-18,21,30H,10-15H2,1-3H3,(H,32,33)/b9-8+. The minimum Gasteiger partial charge on any atom is -0.481 e. The Kier molecular flexibility index (Phi) is 8.08. The molecule has 0 aliphatic carbocycles. The van der Waals surface area contributed by atoms with Gasteiger partial charge in [0, 0.05) is 42.5 Å². The van der Waals surface area contributed by atoms with Gasteiger partial charge in [-0.1, -0.05) is 45.1 Å². The largest absolute Gasteiger partial charge is 0.481 e. The Balaban J connectivity index is 2.00. The number of rotatable bonds is 9. The number of halogens is 1. The molecular weight excluding hydrogens is 423 g/mol. The molecule has 0 spiro atoms. The molecule has 2 N–H and O–H groups in total. The molecule has 6 nitrogen and oxygen atoms in total. The van der Waals surface area contributed by atoms with Crippen LogP contribution in [0.5, 0.6) is 0 Å². The van der Waals surface area contributed by atoms with Crippen molar-refractivity contribution in [2.24, 2.45) is 5.92 Å². The molecule has 0 bridgehead atoms. The summed E-state index contributed by atoms with van der Waals surface area (Å²) >= 11 is 0. The van der Waals surface area contributed by atoms with Crippen molar-refractivity contribution >= 4 is 17.8 Å². The summed E-state index contributed by atoms with van der Waals surface area (Å²) < 4.78 is 15.8. The lowest BCUT2D eigenvalue weighted by Gasteiger charge is -2.35. The Labute approximate surface area is 194 Å². The molecule has 178 valence electrons. The van der Waals surface area contributed by atoms with Crippen molar-refractivity contribution in [2.45, 2.75) is 58.5 Å². The van der Waals surface area contributed by atoms with Crippen molar-refractivity contribution in [3.05, 3.63) is 53.6 Å². The van der Waals surface area contributed by atoms with E-state index < -0.39 is 24.3 Å². The van der Waals surface area contributed by atoms with Gasteiger partial charge in [0.05, 0.1) is 6.10 Å². The van der Waals surface area contributed by atoms with E-state index in [1.165, 1.54) is 18.2 Å². The van der Waals surface area contributed by atoms with Crippen LogP contribution in [0.3, 0.4) is 0 Å². The smallest absolute Gasteiger partial charge is 0.310 e. The van der Waals surface area contributed by atoms with Gasteiger partial charge in [-0.25, -0.2) is 4.39 Å². The van der Waals surface area contributed by atoms with Crippen LogP contribution >= 0.6 is 0 Å². The van der Waals surface area contributed by atoms with Crippen molar-refractivity contribution in [2.75, 3.05) is 18.1 Å². The Morgan fingerprint density at radius 3 is 2.39 bits per heavy atom. The fourth-order valence-corrected chi connectivity index (χ4v) is 4.33. The summed E-state index contributed by atoms with van der Waals surface area (Å²) in [7, 11) is 0. The van der Waals surface area contributed by atoms with Crippen molar-refractivity contribution in [1.29, 1.82) is 0 Å². The van der Waals surface area contributed by atoms with Crippen LogP contribution in [-0.2, 0) is 9.59 Å². The molecule has 2 aromatic rings. The van der Waals surface area contributed by atoms with Gasteiger partial charge in [0.1, 0.15) is 18.0 Å². The first-order valence-electron chi connectivity index (χ1n) is 11.5. The van der Waals surface area contributed by atoms with Gasteiger partial charge >= 0.3 is 5.97 Å². The summed E-state index contributed by atoms with van der Waals surface area (Å²) in [6.07, 6.45) is 5.68. The van der Waals surface area contributed by atoms with E-state index in [0.717, 1.165) is 48.3 Å². The number of carbonyl (C=O) groups excluding carboxylic acids is 1. The van der Waals surface area contributed by atoms with Gasteiger partial charge in [0.25, 0.3) is 0 Å². The fourth-order valence-electron chi connectivity index (χ4n) is 4.33. The third-order valence-corrected chi connectivity index (χ3v) is 6.10. The van der Waals surface area contributed by atoms with Crippen LogP contribution in [-0.4, -0.2) is 45.8 Å². The number of hydrogen-bond acceptors (Lipinski definition) is 4. The number of aliphatic hydroxyl groups excluding tert-OH is 1. The molecule has 1 aliphatic rings. The van der Waals surface area contributed by atoms with Crippen LogP contribution in [0, 0.1) is 11.7 Å². The second-order valence-corrected chi connectivity index (χ2v) is 9.22. The van der Waals surface area contributed by atoms with Gasteiger partial charge < -0.3 is 15.2 Å². The van der Waals surface area contributed by atoms with E-state index in [1.54, 1.807) is 18.2 Å². The zero-order valence-electron chi connectivity index (χ0n) is 19.5. The number of benzene rings is 1. The van der Waals surface area contributed by atoms with Crippen LogP contribution in [0.1, 0.15) is 63.6 Å². The summed E-state index contributed by atoms with van der Waals surface area (Å²) in [5.74, 6) is -1.18. The van der Waals surface area contributed by atoms with E-state index >= 15 is 0 Å². The van der Waals surface area contributed by atoms with E-state index in [-0.39, 0.29) is 18.2 Å². The Morgan fingerprint density at radius 2 is 1.82 bits per heavy atom. The van der Waals surface area contributed by atoms with Gasteiger partial charge in [-0.2, -0.15) is 0 Å². The third-order valence-electron chi connectivity index (χ3n) is 6.10. The van der Waals surface area contributed by atoms with Gasteiger partial charge in [-0.3, -0.25) is 14.3 Å². The summed E-state index contributed by atoms with van der Waals surface area (Å²) in [5, 5.41) is 21.4. The second kappa shape index (κ2) is 10.8. The number of piperidine rings is 1. The van der Waals surface area contributed by atoms with E-state index in [2.05, 4.69) is 36.7 Å². The predicted molar refractivity (Wildman–Crippen MR) is 127 cm³/mol. The van der Waals surface area contributed by atoms with Crippen molar-refractivity contribution in [3.8, 4) is 11.1 Å². The molecule has 7 heteroatoms. The SMILES string of the molecule is CC1CCN(n2cc(-c3ccc(F)cc3)c(/C=C/C(O)CC(=O)CC(=O)O)c2C(C)C)CC1. The van der Waals surface area contributed by atoms with E-state index in [0.29, 0.717) is 5.92 Å². The highest BCUT2D eigenvalue weighted by Crippen LogP contribution is 2.35. The third kappa shape index (κ3) is 6.32. The van der Waals surface area contributed by atoms with Gasteiger partial charge in [-0.05, 0) is 42.4 Å². The fraction of sp³-hybridized carbons (Fsp3) is 0.462. The minimum atomic E-state index is -1.20. The Morgan fingerprint density at radius 1 is 1.18 bits per heavy atom. The Bertz CT molecular complexity index is 1000. The van der Waals surface area contributed by atoms with Crippen LogP contribution in [0.2, 0.25) is 0 Å². The number of hydrogen-bond donors (Lipinski definition) is 2. The topological polar surface area (TPSA) is 82.8 Å². The molecule has 1 saturated heterocycles.